The zero-order valence-electron chi connectivity index (χ0n) is 13.8. The van der Waals surface area contributed by atoms with Gasteiger partial charge in [0.1, 0.15) is 0 Å². The number of rotatable bonds is 3. The van der Waals surface area contributed by atoms with Crippen LogP contribution in [0.4, 0.5) is 5.95 Å². The molecule has 0 amide bonds. The number of piperidine rings is 1. The van der Waals surface area contributed by atoms with Crippen LogP contribution < -0.4 is 4.90 Å². The number of carbonyl (C=O) groups is 1. The van der Waals surface area contributed by atoms with E-state index in [0.717, 1.165) is 48.5 Å². The van der Waals surface area contributed by atoms with Crippen molar-refractivity contribution in [2.75, 3.05) is 18.0 Å². The molecular formula is C20H21N3O. The van der Waals surface area contributed by atoms with Crippen LogP contribution in [0.5, 0.6) is 0 Å². The predicted octanol–water partition coefficient (Wildman–Crippen LogP) is 3.97. The lowest BCUT2D eigenvalue weighted by Crippen LogP contribution is -2.37. The molecular weight excluding hydrogens is 298 g/mol. The number of Topliss-reactive ketones (excluding diaryl/α,β-unsaturated/α-hetero) is 1. The lowest BCUT2D eigenvalue weighted by atomic mass is 9.89. The molecule has 0 atom stereocenters. The molecule has 0 spiro atoms. The fourth-order valence-corrected chi connectivity index (χ4v) is 3.40. The standard InChI is InChI=1S/C20H21N3O/c1-14-6-8-15(9-7-14)19(24)16-10-12-23(13-11-16)20-21-17-4-2-3-5-18(17)22-20/h2-9,16H,10-13H2,1H3,(H,21,22). The largest absolute Gasteiger partial charge is 0.342 e. The first kappa shape index (κ1) is 14.9. The number of aryl methyl sites for hydroxylation is 1. The Hall–Kier alpha value is -2.62. The second kappa shape index (κ2) is 6.11. The van der Waals surface area contributed by atoms with E-state index < -0.39 is 0 Å². The van der Waals surface area contributed by atoms with E-state index in [9.17, 15) is 4.79 Å². The third-order valence-electron chi connectivity index (χ3n) is 4.88. The maximum atomic E-state index is 12.7. The second-order valence-corrected chi connectivity index (χ2v) is 6.57. The molecule has 2 aromatic carbocycles. The highest BCUT2D eigenvalue weighted by Crippen LogP contribution is 2.26. The number of carbonyl (C=O) groups excluding carboxylic acids is 1. The number of aromatic amines is 1. The van der Waals surface area contributed by atoms with Crippen molar-refractivity contribution < 1.29 is 4.79 Å². The first-order valence-electron chi connectivity index (χ1n) is 8.51. The number of hydrogen-bond acceptors (Lipinski definition) is 3. The van der Waals surface area contributed by atoms with Gasteiger partial charge in [0.2, 0.25) is 5.95 Å². The van der Waals surface area contributed by atoms with Gasteiger partial charge >= 0.3 is 0 Å². The number of fused-ring (bicyclic) bond motifs is 1. The molecule has 1 aliphatic heterocycles. The minimum atomic E-state index is 0.119. The summed E-state index contributed by atoms with van der Waals surface area (Å²) < 4.78 is 0. The summed E-state index contributed by atoms with van der Waals surface area (Å²) in [7, 11) is 0. The number of nitrogens with zero attached hydrogens (tertiary/aromatic N) is 2. The van der Waals surface area contributed by atoms with Crippen LogP contribution in [0.25, 0.3) is 11.0 Å². The molecule has 1 saturated heterocycles. The first-order chi connectivity index (χ1) is 11.7. The Labute approximate surface area is 141 Å². The SMILES string of the molecule is Cc1ccc(C(=O)C2CCN(c3nc4ccccc4[nH]3)CC2)cc1. The van der Waals surface area contributed by atoms with Gasteiger partial charge in [-0.15, -0.1) is 0 Å². The van der Waals surface area contributed by atoms with Gasteiger partial charge < -0.3 is 9.88 Å². The fourth-order valence-electron chi connectivity index (χ4n) is 3.40. The molecule has 122 valence electrons. The van der Waals surface area contributed by atoms with E-state index in [1.807, 2.05) is 55.5 Å². The molecule has 24 heavy (non-hydrogen) atoms. The van der Waals surface area contributed by atoms with Crippen LogP contribution in [0, 0.1) is 12.8 Å². The highest BCUT2D eigenvalue weighted by molar-refractivity contribution is 5.98. The maximum Gasteiger partial charge on any atom is 0.203 e. The van der Waals surface area contributed by atoms with Crippen LogP contribution in [0.1, 0.15) is 28.8 Å². The Balaban J connectivity index is 1.44. The number of H-pyrrole nitrogens is 1. The van der Waals surface area contributed by atoms with Gasteiger partial charge in [0.05, 0.1) is 11.0 Å². The van der Waals surface area contributed by atoms with Gasteiger partial charge in [0.25, 0.3) is 0 Å². The smallest absolute Gasteiger partial charge is 0.203 e. The summed E-state index contributed by atoms with van der Waals surface area (Å²) in [4.78, 5) is 22.9. The van der Waals surface area contributed by atoms with E-state index in [4.69, 9.17) is 0 Å². The van der Waals surface area contributed by atoms with Crippen LogP contribution in [0.2, 0.25) is 0 Å². The quantitative estimate of drug-likeness (QED) is 0.743. The summed E-state index contributed by atoms with van der Waals surface area (Å²) in [6.45, 7) is 3.77. The van der Waals surface area contributed by atoms with Crippen molar-refractivity contribution in [3.05, 3.63) is 59.7 Å². The predicted molar refractivity (Wildman–Crippen MR) is 96.5 cm³/mol. The van der Waals surface area contributed by atoms with Gasteiger partial charge in [0.15, 0.2) is 5.78 Å². The van der Waals surface area contributed by atoms with Crippen molar-refractivity contribution in [2.45, 2.75) is 19.8 Å². The third-order valence-corrected chi connectivity index (χ3v) is 4.88. The number of imidazole rings is 1. The van der Waals surface area contributed by atoms with Gasteiger partial charge in [-0.2, -0.15) is 0 Å². The number of aromatic nitrogens is 2. The molecule has 0 saturated carbocycles. The summed E-state index contributed by atoms with van der Waals surface area (Å²) in [5.41, 5.74) is 4.07. The molecule has 0 bridgehead atoms. The molecule has 3 aromatic rings. The number of hydrogen-bond donors (Lipinski definition) is 1. The Morgan fingerprint density at radius 2 is 1.79 bits per heavy atom. The highest BCUT2D eigenvalue weighted by atomic mass is 16.1. The molecule has 1 fully saturated rings. The van der Waals surface area contributed by atoms with E-state index in [2.05, 4.69) is 14.9 Å². The molecule has 0 aliphatic carbocycles. The van der Waals surface area contributed by atoms with Crippen LogP contribution in [-0.4, -0.2) is 28.8 Å². The van der Waals surface area contributed by atoms with Gasteiger partial charge in [0, 0.05) is 24.6 Å². The Kier molecular flexibility index (Phi) is 3.81. The maximum absolute atomic E-state index is 12.7. The van der Waals surface area contributed by atoms with E-state index in [1.165, 1.54) is 5.56 Å². The molecule has 2 heterocycles. The van der Waals surface area contributed by atoms with Crippen molar-refractivity contribution in [3.63, 3.8) is 0 Å². The summed E-state index contributed by atoms with van der Waals surface area (Å²) in [6.07, 6.45) is 1.76. The van der Waals surface area contributed by atoms with Crippen LogP contribution in [-0.2, 0) is 0 Å². The number of para-hydroxylation sites is 2. The first-order valence-corrected chi connectivity index (χ1v) is 8.51. The Morgan fingerprint density at radius 3 is 2.50 bits per heavy atom. The average molecular weight is 319 g/mol. The molecule has 4 nitrogen and oxygen atoms in total. The molecule has 4 heteroatoms. The Bertz CT molecular complexity index is 825. The van der Waals surface area contributed by atoms with Gasteiger partial charge in [-0.25, -0.2) is 4.98 Å². The van der Waals surface area contributed by atoms with E-state index >= 15 is 0 Å². The number of ketones is 1. The highest BCUT2D eigenvalue weighted by Gasteiger charge is 2.27. The fraction of sp³-hybridized carbons (Fsp3) is 0.300. The summed E-state index contributed by atoms with van der Waals surface area (Å²) in [5, 5.41) is 0. The number of anilines is 1. The van der Waals surface area contributed by atoms with E-state index in [-0.39, 0.29) is 11.7 Å². The topological polar surface area (TPSA) is 49.0 Å². The normalized spacial score (nSPS) is 15.8. The average Bonchev–Trinajstić information content (AvgIpc) is 3.06. The molecule has 1 aliphatic rings. The minimum Gasteiger partial charge on any atom is -0.342 e. The summed E-state index contributed by atoms with van der Waals surface area (Å²) in [5.74, 6) is 1.31. The van der Waals surface area contributed by atoms with Crippen molar-refractivity contribution in [3.8, 4) is 0 Å². The van der Waals surface area contributed by atoms with Crippen LogP contribution in [0.3, 0.4) is 0 Å². The van der Waals surface area contributed by atoms with E-state index in [0.29, 0.717) is 0 Å². The molecule has 4 rings (SSSR count). The van der Waals surface area contributed by atoms with Crippen molar-refractivity contribution >= 4 is 22.8 Å². The molecule has 0 unspecified atom stereocenters. The lowest BCUT2D eigenvalue weighted by Gasteiger charge is -2.31. The second-order valence-electron chi connectivity index (χ2n) is 6.57. The molecule has 1 N–H and O–H groups in total. The lowest BCUT2D eigenvalue weighted by molar-refractivity contribution is 0.0900. The van der Waals surface area contributed by atoms with Crippen LogP contribution in [0.15, 0.2) is 48.5 Å². The van der Waals surface area contributed by atoms with E-state index in [1.54, 1.807) is 0 Å². The number of nitrogens with one attached hydrogen (secondary N) is 1. The number of benzene rings is 2. The summed E-state index contributed by atoms with van der Waals surface area (Å²) in [6, 6.07) is 16.0. The van der Waals surface area contributed by atoms with Gasteiger partial charge in [-0.3, -0.25) is 4.79 Å². The molecule has 1 aromatic heterocycles. The van der Waals surface area contributed by atoms with Crippen molar-refractivity contribution in [2.24, 2.45) is 5.92 Å². The van der Waals surface area contributed by atoms with Gasteiger partial charge in [-0.05, 0) is 31.9 Å². The minimum absolute atomic E-state index is 0.119. The van der Waals surface area contributed by atoms with Crippen LogP contribution >= 0.6 is 0 Å². The van der Waals surface area contributed by atoms with Gasteiger partial charge in [-0.1, -0.05) is 42.0 Å². The monoisotopic (exact) mass is 319 g/mol. The Morgan fingerprint density at radius 1 is 1.08 bits per heavy atom. The molecule has 0 radical (unpaired) electrons. The van der Waals surface area contributed by atoms with Crippen molar-refractivity contribution in [1.82, 2.24) is 9.97 Å². The third kappa shape index (κ3) is 2.80. The zero-order valence-corrected chi connectivity index (χ0v) is 13.8. The van der Waals surface area contributed by atoms with Crippen molar-refractivity contribution in [1.29, 1.82) is 0 Å². The zero-order chi connectivity index (χ0) is 16.5. The summed E-state index contributed by atoms with van der Waals surface area (Å²) >= 11 is 0.